The Balaban J connectivity index is 0.000000878. The third-order valence-corrected chi connectivity index (χ3v) is 4.22. The molecular weight excluding hydrogens is 342 g/mol. The van der Waals surface area contributed by atoms with Crippen LogP contribution in [0.25, 0.3) is 22.4 Å². The molecule has 0 bridgehead atoms. The highest BCUT2D eigenvalue weighted by Gasteiger charge is 2.16. The summed E-state index contributed by atoms with van der Waals surface area (Å²) in [6.07, 6.45) is 3.94. The fourth-order valence-electron chi connectivity index (χ4n) is 3.06. The maximum Gasteiger partial charge on any atom is 0.159 e. The summed E-state index contributed by atoms with van der Waals surface area (Å²) in [6.45, 7) is 11.6. The molecule has 0 amide bonds. The predicted molar refractivity (Wildman–Crippen MR) is 122 cm³/mol. The second-order valence-electron chi connectivity index (χ2n) is 6.59. The van der Waals surface area contributed by atoms with Gasteiger partial charge in [0.25, 0.3) is 0 Å². The molecule has 3 heteroatoms. The van der Waals surface area contributed by atoms with Crippen molar-refractivity contribution in [2.45, 2.75) is 33.6 Å². The van der Waals surface area contributed by atoms with Crippen molar-refractivity contribution in [1.82, 2.24) is 10.2 Å². The number of hydrogen-bond donors (Lipinski definition) is 0. The zero-order valence-electron chi connectivity index (χ0n) is 17.3. The fourth-order valence-corrected chi connectivity index (χ4v) is 3.06. The summed E-state index contributed by atoms with van der Waals surface area (Å²) in [5.41, 5.74) is 4.34. The summed E-state index contributed by atoms with van der Waals surface area (Å²) >= 11 is 0. The van der Waals surface area contributed by atoms with Gasteiger partial charge in [-0.1, -0.05) is 80.6 Å². The van der Waals surface area contributed by atoms with E-state index in [2.05, 4.69) is 78.0 Å². The lowest BCUT2D eigenvalue weighted by Crippen LogP contribution is -2.26. The second kappa shape index (κ2) is 11.7. The number of aromatic nitrogens is 2. The molecule has 0 fully saturated rings. The van der Waals surface area contributed by atoms with Gasteiger partial charge in [-0.25, -0.2) is 0 Å². The third-order valence-electron chi connectivity index (χ3n) is 4.22. The Morgan fingerprint density at radius 3 is 1.82 bits per heavy atom. The fraction of sp³-hybridized carbons (Fsp3) is 0.280. The molecule has 0 aliphatic carbocycles. The van der Waals surface area contributed by atoms with Gasteiger partial charge in [0, 0.05) is 24.2 Å². The van der Waals surface area contributed by atoms with Crippen molar-refractivity contribution in [3.05, 3.63) is 79.4 Å². The van der Waals surface area contributed by atoms with Crippen LogP contribution in [0.5, 0.6) is 0 Å². The van der Waals surface area contributed by atoms with Gasteiger partial charge in [0.05, 0.1) is 5.69 Å². The van der Waals surface area contributed by atoms with E-state index in [0.29, 0.717) is 0 Å². The van der Waals surface area contributed by atoms with Crippen LogP contribution >= 0.6 is 0 Å². The smallest absolute Gasteiger partial charge is 0.159 e. The van der Waals surface area contributed by atoms with E-state index in [1.54, 1.807) is 6.08 Å². The first kappa shape index (κ1) is 21.4. The molecule has 0 atom stereocenters. The minimum absolute atomic E-state index is 0.913. The molecule has 0 aliphatic heterocycles. The molecule has 146 valence electrons. The maximum atomic E-state index is 4.64. The van der Waals surface area contributed by atoms with Gasteiger partial charge in [0.1, 0.15) is 0 Å². The molecule has 0 radical (unpaired) electrons. The first-order chi connectivity index (χ1) is 13.7. The minimum Gasteiger partial charge on any atom is -0.355 e. The van der Waals surface area contributed by atoms with Crippen molar-refractivity contribution in [3.63, 3.8) is 0 Å². The molecule has 2 aromatic carbocycles. The molecule has 3 nitrogen and oxygen atoms in total. The van der Waals surface area contributed by atoms with Gasteiger partial charge in [-0.3, -0.25) is 0 Å². The summed E-state index contributed by atoms with van der Waals surface area (Å²) in [5, 5.41) is 9.17. The van der Waals surface area contributed by atoms with Crippen LogP contribution in [0.4, 0.5) is 5.82 Å². The van der Waals surface area contributed by atoms with Gasteiger partial charge in [-0.2, -0.15) is 0 Å². The van der Waals surface area contributed by atoms with Crippen LogP contribution in [-0.2, 0) is 0 Å². The molecule has 28 heavy (non-hydrogen) atoms. The van der Waals surface area contributed by atoms with Crippen LogP contribution in [-0.4, -0.2) is 23.3 Å². The zero-order valence-corrected chi connectivity index (χ0v) is 17.3. The number of allylic oxidation sites excluding steroid dienone is 1. The van der Waals surface area contributed by atoms with Crippen molar-refractivity contribution < 1.29 is 0 Å². The quantitative estimate of drug-likeness (QED) is 0.435. The first-order valence-corrected chi connectivity index (χ1v) is 10.1. The van der Waals surface area contributed by atoms with Gasteiger partial charge in [0.15, 0.2) is 5.82 Å². The van der Waals surface area contributed by atoms with Crippen LogP contribution in [0.1, 0.15) is 33.6 Å². The Hall–Kier alpha value is -2.94. The van der Waals surface area contributed by atoms with E-state index in [0.717, 1.165) is 48.6 Å². The van der Waals surface area contributed by atoms with Crippen molar-refractivity contribution in [2.24, 2.45) is 0 Å². The van der Waals surface area contributed by atoms with E-state index >= 15 is 0 Å². The van der Waals surface area contributed by atoms with Gasteiger partial charge in [-0.15, -0.1) is 16.8 Å². The summed E-state index contributed by atoms with van der Waals surface area (Å²) in [5.74, 6) is 0.981. The second-order valence-corrected chi connectivity index (χ2v) is 6.59. The molecule has 3 rings (SSSR count). The molecule has 0 saturated carbocycles. The molecule has 0 N–H and O–H groups in total. The van der Waals surface area contributed by atoms with Crippen molar-refractivity contribution in [2.75, 3.05) is 18.0 Å². The number of anilines is 1. The lowest BCUT2D eigenvalue weighted by molar-refractivity contribution is 0.727. The van der Waals surface area contributed by atoms with Crippen molar-refractivity contribution in [3.8, 4) is 22.4 Å². The molecule has 0 spiro atoms. The monoisotopic (exact) mass is 373 g/mol. The predicted octanol–water partition coefficient (Wildman–Crippen LogP) is 6.63. The number of benzene rings is 2. The highest BCUT2D eigenvalue weighted by Crippen LogP contribution is 2.32. The summed E-state index contributed by atoms with van der Waals surface area (Å²) in [7, 11) is 0. The SMILES string of the molecule is C=CC.CCCN(CCC)c1nnc(-c2ccccc2)cc1-c1ccccc1. The van der Waals surface area contributed by atoms with Crippen LogP contribution in [0.2, 0.25) is 0 Å². The average Bonchev–Trinajstić information content (AvgIpc) is 2.75. The molecule has 0 aliphatic rings. The third kappa shape index (κ3) is 5.78. The largest absolute Gasteiger partial charge is 0.355 e. The van der Waals surface area contributed by atoms with Crippen LogP contribution in [0.15, 0.2) is 79.4 Å². The minimum atomic E-state index is 0.913. The van der Waals surface area contributed by atoms with Crippen molar-refractivity contribution in [1.29, 1.82) is 0 Å². The van der Waals surface area contributed by atoms with Gasteiger partial charge in [-0.05, 0) is 31.4 Å². The highest BCUT2D eigenvalue weighted by molar-refractivity contribution is 5.79. The van der Waals surface area contributed by atoms with Crippen molar-refractivity contribution >= 4 is 5.82 Å². The van der Waals surface area contributed by atoms with Crippen LogP contribution < -0.4 is 4.90 Å². The molecule has 1 aromatic heterocycles. The van der Waals surface area contributed by atoms with Gasteiger partial charge < -0.3 is 4.90 Å². The zero-order chi connectivity index (χ0) is 20.2. The highest BCUT2D eigenvalue weighted by atomic mass is 15.3. The van der Waals surface area contributed by atoms with E-state index in [1.165, 1.54) is 5.56 Å². The van der Waals surface area contributed by atoms with E-state index in [9.17, 15) is 0 Å². The van der Waals surface area contributed by atoms with E-state index in [4.69, 9.17) is 0 Å². The molecule has 3 aromatic rings. The first-order valence-electron chi connectivity index (χ1n) is 10.1. The Bertz CT molecular complexity index is 823. The normalized spacial score (nSPS) is 9.96. The molecular formula is C25H31N3. The number of hydrogen-bond acceptors (Lipinski definition) is 3. The molecule has 0 unspecified atom stereocenters. The van der Waals surface area contributed by atoms with E-state index < -0.39 is 0 Å². The Morgan fingerprint density at radius 1 is 0.821 bits per heavy atom. The number of nitrogens with zero attached hydrogens (tertiary/aromatic N) is 3. The maximum absolute atomic E-state index is 4.64. The summed E-state index contributed by atoms with van der Waals surface area (Å²) < 4.78 is 0. The summed E-state index contributed by atoms with van der Waals surface area (Å²) in [4.78, 5) is 2.35. The number of rotatable bonds is 7. The standard InChI is InChI=1S/C22H25N3.C3H6/c1-3-15-25(16-4-2)22-20(18-11-7-5-8-12-18)17-21(23-24-22)19-13-9-6-10-14-19;1-3-2/h5-14,17H,3-4,15-16H2,1-2H3;3H,1H2,2H3. The Morgan fingerprint density at radius 2 is 1.32 bits per heavy atom. The van der Waals surface area contributed by atoms with Gasteiger partial charge in [0.2, 0.25) is 0 Å². The van der Waals surface area contributed by atoms with E-state index in [-0.39, 0.29) is 0 Å². The van der Waals surface area contributed by atoms with Crippen LogP contribution in [0.3, 0.4) is 0 Å². The topological polar surface area (TPSA) is 29.0 Å². The van der Waals surface area contributed by atoms with Crippen LogP contribution in [0, 0.1) is 0 Å². The molecule has 0 saturated heterocycles. The lowest BCUT2D eigenvalue weighted by atomic mass is 10.0. The summed E-state index contributed by atoms with van der Waals surface area (Å²) in [6, 6.07) is 22.9. The Labute approximate surface area is 169 Å². The Kier molecular flexibility index (Phi) is 8.93. The lowest BCUT2D eigenvalue weighted by Gasteiger charge is -2.25. The molecule has 1 heterocycles. The van der Waals surface area contributed by atoms with E-state index in [1.807, 2.05) is 31.2 Å². The van der Waals surface area contributed by atoms with Gasteiger partial charge >= 0.3 is 0 Å². The average molecular weight is 374 g/mol.